The van der Waals surface area contributed by atoms with Crippen LogP contribution in [0.2, 0.25) is 0 Å². The number of nitrogens with zero attached hydrogens (tertiary/aromatic N) is 5. The molecule has 1 N–H and O–H groups in total. The highest BCUT2D eigenvalue weighted by Crippen LogP contribution is 2.29. The number of nitrogens with one attached hydrogen (secondary N) is 1. The molecule has 10 heteroatoms. The van der Waals surface area contributed by atoms with Crippen LogP contribution in [0.1, 0.15) is 0 Å². The summed E-state index contributed by atoms with van der Waals surface area (Å²) in [6.45, 7) is 2.31. The van der Waals surface area contributed by atoms with Crippen LogP contribution in [0.4, 0.5) is 15.1 Å². The smallest absolute Gasteiger partial charge is 0.317 e. The summed E-state index contributed by atoms with van der Waals surface area (Å²) in [5.41, 5.74) is 2.67. The minimum Gasteiger partial charge on any atom is -0.484 e. The van der Waals surface area contributed by atoms with E-state index >= 15 is 0 Å². The zero-order chi connectivity index (χ0) is 19.1. The van der Waals surface area contributed by atoms with Crippen LogP contribution in [0.15, 0.2) is 36.1 Å². The van der Waals surface area contributed by atoms with Crippen LogP contribution < -0.4 is 15.0 Å². The average Bonchev–Trinajstić information content (AvgIpc) is 3.11. The normalized spacial score (nSPS) is 17.3. The van der Waals surface area contributed by atoms with E-state index < -0.39 is 5.82 Å². The highest BCUT2D eigenvalue weighted by atomic mass is 32.1. The van der Waals surface area contributed by atoms with E-state index in [0.29, 0.717) is 32.1 Å². The van der Waals surface area contributed by atoms with Crippen molar-refractivity contribution in [3.8, 4) is 5.75 Å². The lowest BCUT2D eigenvalue weighted by molar-refractivity contribution is 0.0439. The van der Waals surface area contributed by atoms with Gasteiger partial charge in [0.2, 0.25) is 5.95 Å². The van der Waals surface area contributed by atoms with Gasteiger partial charge in [0.25, 0.3) is 0 Å². The Balaban J connectivity index is 1.08. The van der Waals surface area contributed by atoms with Crippen molar-refractivity contribution in [2.24, 2.45) is 0 Å². The molecule has 144 valence electrons. The molecule has 28 heavy (non-hydrogen) atoms. The number of carbonyl (C=O) groups is 1. The molecule has 2 aliphatic rings. The lowest BCUT2D eigenvalue weighted by Gasteiger charge is -2.43. The van der Waals surface area contributed by atoms with E-state index in [1.54, 1.807) is 21.7 Å². The molecule has 1 aromatic carbocycles. The monoisotopic (exact) mass is 400 g/mol. The molecule has 0 saturated carbocycles. The maximum absolute atomic E-state index is 12.9. The molecule has 8 nitrogen and oxygen atoms in total. The first kappa shape index (κ1) is 17.1. The lowest BCUT2D eigenvalue weighted by Crippen LogP contribution is -2.65. The molecule has 5 rings (SSSR count). The van der Waals surface area contributed by atoms with Gasteiger partial charge < -0.3 is 19.9 Å². The molecular weight excluding hydrogens is 383 g/mol. The summed E-state index contributed by atoms with van der Waals surface area (Å²) < 4.78 is 20.0. The van der Waals surface area contributed by atoms with E-state index in [1.165, 1.54) is 0 Å². The summed E-state index contributed by atoms with van der Waals surface area (Å²) in [4.78, 5) is 28.2. The van der Waals surface area contributed by atoms with E-state index in [1.807, 2.05) is 23.1 Å². The quantitative estimate of drug-likeness (QED) is 0.720. The average molecular weight is 400 g/mol. The van der Waals surface area contributed by atoms with Gasteiger partial charge in [-0.15, -0.1) is 11.3 Å². The molecule has 0 bridgehead atoms. The summed E-state index contributed by atoms with van der Waals surface area (Å²) in [5, 5.41) is 2.99. The summed E-state index contributed by atoms with van der Waals surface area (Å²) >= 11 is 1.58. The molecule has 2 amide bonds. The second kappa shape index (κ2) is 6.86. The first-order chi connectivity index (χ1) is 13.7. The van der Waals surface area contributed by atoms with Crippen LogP contribution in [0.3, 0.4) is 0 Å². The number of hydrogen-bond acceptors (Lipinski definition) is 7. The molecule has 2 aliphatic heterocycles. The fourth-order valence-corrected chi connectivity index (χ4v) is 3.98. The number of thiazole rings is 1. The largest absolute Gasteiger partial charge is 0.484 e. The van der Waals surface area contributed by atoms with Crippen LogP contribution in [0, 0.1) is 5.82 Å². The van der Waals surface area contributed by atoms with Crippen molar-refractivity contribution in [3.63, 3.8) is 0 Å². The molecule has 0 atom stereocenters. The van der Waals surface area contributed by atoms with Crippen LogP contribution in [0.25, 0.3) is 10.2 Å². The van der Waals surface area contributed by atoms with E-state index in [9.17, 15) is 9.18 Å². The van der Waals surface area contributed by atoms with Gasteiger partial charge in [0.1, 0.15) is 17.4 Å². The van der Waals surface area contributed by atoms with Gasteiger partial charge in [-0.25, -0.2) is 24.1 Å². The SMILES string of the molecule is O=C(NC1CN(c2ncc(F)cn2)C1)N1CC(Oc2cccc3scnc23)C1. The first-order valence-corrected chi connectivity index (χ1v) is 9.80. The third kappa shape index (κ3) is 3.19. The fourth-order valence-electron chi connectivity index (χ4n) is 3.28. The summed E-state index contributed by atoms with van der Waals surface area (Å²) in [5.74, 6) is 0.771. The molecule has 0 aliphatic carbocycles. The Kier molecular flexibility index (Phi) is 4.19. The van der Waals surface area contributed by atoms with E-state index in [2.05, 4.69) is 20.3 Å². The molecular formula is C18H17FN6O2S. The fraction of sp³-hybridized carbons (Fsp3) is 0.333. The lowest BCUT2D eigenvalue weighted by atomic mass is 10.1. The Morgan fingerprint density at radius 2 is 1.96 bits per heavy atom. The number of urea groups is 1. The van der Waals surface area contributed by atoms with E-state index in [-0.39, 0.29) is 18.2 Å². The van der Waals surface area contributed by atoms with Crippen molar-refractivity contribution in [3.05, 3.63) is 41.9 Å². The van der Waals surface area contributed by atoms with Gasteiger partial charge in [0.15, 0.2) is 5.82 Å². The Morgan fingerprint density at radius 1 is 1.18 bits per heavy atom. The molecule has 2 saturated heterocycles. The zero-order valence-electron chi connectivity index (χ0n) is 14.8. The van der Waals surface area contributed by atoms with Gasteiger partial charge in [-0.3, -0.25) is 0 Å². The van der Waals surface area contributed by atoms with Gasteiger partial charge in [0.05, 0.1) is 41.7 Å². The predicted octanol–water partition coefficient (Wildman–Crippen LogP) is 1.89. The highest BCUT2D eigenvalue weighted by Gasteiger charge is 2.36. The van der Waals surface area contributed by atoms with Crippen LogP contribution >= 0.6 is 11.3 Å². The maximum atomic E-state index is 12.9. The number of ether oxygens (including phenoxy) is 1. The number of benzene rings is 1. The van der Waals surface area contributed by atoms with Crippen molar-refractivity contribution in [1.82, 2.24) is 25.2 Å². The number of rotatable bonds is 4. The van der Waals surface area contributed by atoms with Crippen molar-refractivity contribution in [2.45, 2.75) is 12.1 Å². The molecule has 4 heterocycles. The third-order valence-electron chi connectivity index (χ3n) is 4.85. The number of aromatic nitrogens is 3. The number of para-hydroxylation sites is 1. The Labute approximate surface area is 164 Å². The standard InChI is InChI=1S/C18H17FN6O2S/c19-11-4-20-17(21-5-11)24-6-12(7-24)23-18(26)25-8-13(9-25)27-14-2-1-3-15-16(14)22-10-28-15/h1-5,10,12-13H,6-9H2,(H,23,26). The Hall–Kier alpha value is -3.01. The second-order valence-corrected chi connectivity index (χ2v) is 7.74. The van der Waals surface area contributed by atoms with Gasteiger partial charge in [-0.1, -0.05) is 6.07 Å². The van der Waals surface area contributed by atoms with Gasteiger partial charge >= 0.3 is 6.03 Å². The minimum absolute atomic E-state index is 0.0245. The molecule has 2 aromatic heterocycles. The minimum atomic E-state index is -0.463. The van der Waals surface area contributed by atoms with Crippen molar-refractivity contribution >= 4 is 33.5 Å². The number of anilines is 1. The maximum Gasteiger partial charge on any atom is 0.317 e. The number of halogens is 1. The van der Waals surface area contributed by atoms with Crippen molar-refractivity contribution in [2.75, 3.05) is 31.1 Å². The highest BCUT2D eigenvalue weighted by molar-refractivity contribution is 7.16. The topological polar surface area (TPSA) is 83.5 Å². The summed E-state index contributed by atoms with van der Waals surface area (Å²) in [6.07, 6.45) is 2.25. The number of hydrogen-bond donors (Lipinski definition) is 1. The molecule has 0 radical (unpaired) electrons. The van der Waals surface area contributed by atoms with Crippen molar-refractivity contribution in [1.29, 1.82) is 0 Å². The predicted molar refractivity (Wildman–Crippen MR) is 102 cm³/mol. The molecule has 2 fully saturated rings. The number of likely N-dealkylation sites (tertiary alicyclic amines) is 1. The second-order valence-electron chi connectivity index (χ2n) is 6.85. The van der Waals surface area contributed by atoms with E-state index in [4.69, 9.17) is 4.74 Å². The number of carbonyl (C=O) groups excluding carboxylic acids is 1. The van der Waals surface area contributed by atoms with Crippen molar-refractivity contribution < 1.29 is 13.9 Å². The van der Waals surface area contributed by atoms with Crippen LogP contribution in [-0.2, 0) is 0 Å². The first-order valence-electron chi connectivity index (χ1n) is 8.92. The van der Waals surface area contributed by atoms with Gasteiger partial charge in [0, 0.05) is 13.1 Å². The number of fused-ring (bicyclic) bond motifs is 1. The summed E-state index contributed by atoms with van der Waals surface area (Å²) in [6, 6.07) is 5.80. The Bertz CT molecular complexity index is 1000. The summed E-state index contributed by atoms with van der Waals surface area (Å²) in [7, 11) is 0. The third-order valence-corrected chi connectivity index (χ3v) is 5.65. The Morgan fingerprint density at radius 3 is 2.75 bits per heavy atom. The van der Waals surface area contributed by atoms with Gasteiger partial charge in [-0.05, 0) is 12.1 Å². The molecule has 3 aromatic rings. The van der Waals surface area contributed by atoms with Crippen LogP contribution in [0.5, 0.6) is 5.75 Å². The zero-order valence-corrected chi connectivity index (χ0v) is 15.6. The molecule has 0 spiro atoms. The van der Waals surface area contributed by atoms with E-state index in [0.717, 1.165) is 28.4 Å². The van der Waals surface area contributed by atoms with Gasteiger partial charge in [-0.2, -0.15) is 0 Å². The van der Waals surface area contributed by atoms with Crippen LogP contribution in [-0.4, -0.2) is 64.2 Å². The number of amides is 2. The molecule has 0 unspecified atom stereocenters.